The fraction of sp³-hybridized carbons (Fsp3) is 0.409. The minimum Gasteiger partial charge on any atom is -0.326 e. The van der Waals surface area contributed by atoms with Gasteiger partial charge in [0.2, 0.25) is 5.91 Å². The molecule has 0 bridgehead atoms. The fourth-order valence-corrected chi connectivity index (χ4v) is 3.96. The lowest BCUT2D eigenvalue weighted by Crippen LogP contribution is -2.41. The van der Waals surface area contributed by atoms with Gasteiger partial charge in [0.25, 0.3) is 0 Å². The summed E-state index contributed by atoms with van der Waals surface area (Å²) in [4.78, 5) is 19.4. The maximum absolute atomic E-state index is 12.8. The van der Waals surface area contributed by atoms with Crippen molar-refractivity contribution in [2.24, 2.45) is 5.92 Å². The molecule has 1 N–H and O–H groups in total. The van der Waals surface area contributed by atoms with E-state index in [-0.39, 0.29) is 11.8 Å². The summed E-state index contributed by atoms with van der Waals surface area (Å²) in [5, 5.41) is 7.34. The Balaban J connectivity index is 1.28. The predicted molar refractivity (Wildman–Crippen MR) is 113 cm³/mol. The predicted octanol–water partition coefficient (Wildman–Crippen LogP) is 3.12. The molecule has 0 unspecified atom stereocenters. The van der Waals surface area contributed by atoms with Gasteiger partial charge in [-0.15, -0.1) is 0 Å². The lowest BCUT2D eigenvalue weighted by Gasteiger charge is -2.32. The second kappa shape index (κ2) is 9.05. The van der Waals surface area contributed by atoms with Crippen LogP contribution in [0, 0.1) is 12.8 Å². The molecule has 1 saturated heterocycles. The highest BCUT2D eigenvalue weighted by molar-refractivity contribution is 5.92. The first kappa shape index (κ1) is 19.4. The number of benzene rings is 1. The smallest absolute Gasteiger partial charge is 0.228 e. The summed E-state index contributed by atoms with van der Waals surface area (Å²) < 4.78 is 3.98. The van der Waals surface area contributed by atoms with Crippen LogP contribution in [0.3, 0.4) is 0 Å². The molecule has 0 spiro atoms. The van der Waals surface area contributed by atoms with Crippen molar-refractivity contribution in [2.75, 3.05) is 25.0 Å². The highest BCUT2D eigenvalue weighted by Gasteiger charge is 2.25. The van der Waals surface area contributed by atoms with Crippen molar-refractivity contribution in [1.29, 1.82) is 0 Å². The van der Waals surface area contributed by atoms with Crippen LogP contribution >= 0.6 is 0 Å². The van der Waals surface area contributed by atoms with Gasteiger partial charge in [-0.1, -0.05) is 0 Å². The number of nitrogens with one attached hydrogen (secondary N) is 1. The van der Waals surface area contributed by atoms with E-state index in [1.807, 2.05) is 65.1 Å². The van der Waals surface area contributed by atoms with Crippen molar-refractivity contribution in [3.8, 4) is 5.69 Å². The molecule has 29 heavy (non-hydrogen) atoms. The maximum atomic E-state index is 12.8. The second-order valence-corrected chi connectivity index (χ2v) is 7.64. The number of nitrogens with zero attached hydrogens (tertiary/aromatic N) is 5. The number of carbonyl (C=O) groups excluding carboxylic acids is 1. The quantitative estimate of drug-likeness (QED) is 0.671. The fourth-order valence-electron chi connectivity index (χ4n) is 3.96. The molecule has 1 aliphatic rings. The van der Waals surface area contributed by atoms with Crippen LogP contribution in [0.2, 0.25) is 0 Å². The lowest BCUT2D eigenvalue weighted by molar-refractivity contribution is -0.121. The van der Waals surface area contributed by atoms with E-state index in [1.165, 1.54) is 0 Å². The first-order chi connectivity index (χ1) is 14.2. The minimum atomic E-state index is 0.0454. The molecule has 0 radical (unpaired) electrons. The highest BCUT2D eigenvalue weighted by Crippen LogP contribution is 2.20. The number of anilines is 1. The molecule has 1 aromatic carbocycles. The molecule has 0 saturated carbocycles. The van der Waals surface area contributed by atoms with E-state index < -0.39 is 0 Å². The summed E-state index contributed by atoms with van der Waals surface area (Å²) in [6.07, 6.45) is 10.6. The summed E-state index contributed by atoms with van der Waals surface area (Å²) in [5.74, 6) is 1.11. The van der Waals surface area contributed by atoms with Gasteiger partial charge in [0.15, 0.2) is 0 Å². The molecule has 4 rings (SSSR count). The number of aryl methyl sites for hydroxylation is 2. The van der Waals surface area contributed by atoms with E-state index in [2.05, 4.69) is 20.3 Å². The van der Waals surface area contributed by atoms with E-state index in [1.54, 1.807) is 6.20 Å². The zero-order chi connectivity index (χ0) is 20.1. The standard InChI is InChI=1S/C22H28N6O/c1-18-23-11-16-28(18)21-8-6-20(7-9-21)25-22(29)19-5-2-12-26(17-19)13-4-15-27-14-3-10-24-27/h3,6-11,14,16,19H,2,4-5,12-13,15,17H2,1H3,(H,25,29)/t19-/m0/s1. The van der Waals surface area contributed by atoms with Crippen LogP contribution in [0.5, 0.6) is 0 Å². The maximum Gasteiger partial charge on any atom is 0.228 e. The first-order valence-electron chi connectivity index (χ1n) is 10.3. The Labute approximate surface area is 171 Å². The normalized spacial score (nSPS) is 17.3. The molecule has 0 aliphatic carbocycles. The van der Waals surface area contributed by atoms with Gasteiger partial charge >= 0.3 is 0 Å². The monoisotopic (exact) mass is 392 g/mol. The van der Waals surface area contributed by atoms with Crippen molar-refractivity contribution < 1.29 is 4.79 Å². The van der Waals surface area contributed by atoms with Gasteiger partial charge in [-0.3, -0.25) is 9.48 Å². The van der Waals surface area contributed by atoms with Crippen LogP contribution < -0.4 is 5.32 Å². The average Bonchev–Trinajstić information content (AvgIpc) is 3.41. The number of aromatic nitrogens is 4. The van der Waals surface area contributed by atoms with Gasteiger partial charge in [0.1, 0.15) is 5.82 Å². The van der Waals surface area contributed by atoms with E-state index in [0.29, 0.717) is 0 Å². The Morgan fingerprint density at radius 2 is 2.03 bits per heavy atom. The zero-order valence-corrected chi connectivity index (χ0v) is 16.9. The number of hydrogen-bond acceptors (Lipinski definition) is 4. The average molecular weight is 393 g/mol. The van der Waals surface area contributed by atoms with Crippen molar-refractivity contribution >= 4 is 11.6 Å². The van der Waals surface area contributed by atoms with E-state index in [9.17, 15) is 4.79 Å². The lowest BCUT2D eigenvalue weighted by atomic mass is 9.97. The molecule has 7 nitrogen and oxygen atoms in total. The number of imidazole rings is 1. The molecule has 3 aromatic rings. The topological polar surface area (TPSA) is 68.0 Å². The minimum absolute atomic E-state index is 0.0454. The van der Waals surface area contributed by atoms with Crippen molar-refractivity contribution in [2.45, 2.75) is 32.7 Å². The van der Waals surface area contributed by atoms with Crippen LogP contribution in [0.1, 0.15) is 25.1 Å². The molecule has 1 fully saturated rings. The van der Waals surface area contributed by atoms with E-state index in [0.717, 1.165) is 62.6 Å². The van der Waals surface area contributed by atoms with Gasteiger partial charge in [0, 0.05) is 49.3 Å². The molecule has 1 amide bonds. The molecule has 2 aromatic heterocycles. The van der Waals surface area contributed by atoms with Crippen LogP contribution in [0.25, 0.3) is 5.69 Å². The number of likely N-dealkylation sites (tertiary alicyclic amines) is 1. The SMILES string of the molecule is Cc1nccn1-c1ccc(NC(=O)[C@H]2CCCN(CCCn3cccn3)C2)cc1. The van der Waals surface area contributed by atoms with Crippen molar-refractivity contribution in [3.63, 3.8) is 0 Å². The van der Waals surface area contributed by atoms with Gasteiger partial charge in [-0.2, -0.15) is 5.10 Å². The molecule has 3 heterocycles. The molecular weight excluding hydrogens is 364 g/mol. The Morgan fingerprint density at radius 3 is 2.76 bits per heavy atom. The van der Waals surface area contributed by atoms with E-state index >= 15 is 0 Å². The largest absolute Gasteiger partial charge is 0.326 e. The van der Waals surface area contributed by atoms with E-state index in [4.69, 9.17) is 0 Å². The zero-order valence-electron chi connectivity index (χ0n) is 16.9. The number of piperidine rings is 1. The number of rotatable bonds is 7. The number of amides is 1. The Kier molecular flexibility index (Phi) is 6.05. The summed E-state index contributed by atoms with van der Waals surface area (Å²) in [6.45, 7) is 5.80. The van der Waals surface area contributed by atoms with Gasteiger partial charge < -0.3 is 14.8 Å². The van der Waals surface area contributed by atoms with Crippen molar-refractivity contribution in [3.05, 3.63) is 60.9 Å². The van der Waals surface area contributed by atoms with Crippen LogP contribution in [0.4, 0.5) is 5.69 Å². The van der Waals surface area contributed by atoms with Gasteiger partial charge in [-0.25, -0.2) is 4.98 Å². The third-order valence-electron chi connectivity index (χ3n) is 5.54. The third-order valence-corrected chi connectivity index (χ3v) is 5.54. The van der Waals surface area contributed by atoms with Gasteiger partial charge in [0.05, 0.1) is 5.92 Å². The Hall–Kier alpha value is -2.93. The molecule has 152 valence electrons. The highest BCUT2D eigenvalue weighted by atomic mass is 16.1. The van der Waals surface area contributed by atoms with Crippen LogP contribution in [-0.2, 0) is 11.3 Å². The Bertz CT molecular complexity index is 915. The summed E-state index contributed by atoms with van der Waals surface area (Å²) in [6, 6.07) is 9.87. The van der Waals surface area contributed by atoms with Gasteiger partial charge in [-0.05, 0) is 69.6 Å². The first-order valence-corrected chi connectivity index (χ1v) is 10.3. The van der Waals surface area contributed by atoms with Crippen LogP contribution in [-0.4, -0.2) is 49.8 Å². The van der Waals surface area contributed by atoms with Crippen molar-refractivity contribution in [1.82, 2.24) is 24.2 Å². The second-order valence-electron chi connectivity index (χ2n) is 7.64. The molecular formula is C22H28N6O. The number of carbonyl (C=O) groups is 1. The number of hydrogen-bond donors (Lipinski definition) is 1. The molecule has 1 aliphatic heterocycles. The summed E-state index contributed by atoms with van der Waals surface area (Å²) in [5.41, 5.74) is 1.88. The van der Waals surface area contributed by atoms with Crippen LogP contribution in [0.15, 0.2) is 55.1 Å². The molecule has 1 atom stereocenters. The summed E-state index contributed by atoms with van der Waals surface area (Å²) >= 11 is 0. The summed E-state index contributed by atoms with van der Waals surface area (Å²) in [7, 11) is 0. The molecule has 7 heteroatoms. The Morgan fingerprint density at radius 1 is 1.17 bits per heavy atom. The third kappa shape index (κ3) is 4.92.